The molecule has 0 bridgehead atoms. The number of aliphatic hydroxyl groups is 1. The predicted octanol–water partition coefficient (Wildman–Crippen LogP) is 0.834. The first kappa shape index (κ1) is 16.7. The van der Waals surface area contributed by atoms with Gasteiger partial charge in [0.2, 0.25) is 10.0 Å². The Balaban J connectivity index is 2.17. The molecule has 0 radical (unpaired) electrons. The van der Waals surface area contributed by atoms with E-state index in [4.69, 9.17) is 21.1 Å². The summed E-state index contributed by atoms with van der Waals surface area (Å²) in [5, 5.41) is 9.52. The molecular formula is C13H18ClNO5S. The summed E-state index contributed by atoms with van der Waals surface area (Å²) in [7, 11) is -3.73. The summed E-state index contributed by atoms with van der Waals surface area (Å²) < 4.78 is 37.8. The van der Waals surface area contributed by atoms with Crippen molar-refractivity contribution in [3.8, 4) is 0 Å². The highest BCUT2D eigenvalue weighted by Crippen LogP contribution is 2.24. The predicted molar refractivity (Wildman–Crippen MR) is 77.9 cm³/mol. The minimum Gasteiger partial charge on any atom is -0.392 e. The van der Waals surface area contributed by atoms with E-state index in [0.29, 0.717) is 30.9 Å². The van der Waals surface area contributed by atoms with Crippen LogP contribution in [0, 0.1) is 6.92 Å². The number of nitrogens with one attached hydrogen (secondary N) is 1. The number of ether oxygens (including phenoxy) is 2. The van der Waals surface area contributed by atoms with Gasteiger partial charge in [-0.25, -0.2) is 13.1 Å². The molecule has 1 heterocycles. The average molecular weight is 336 g/mol. The molecule has 2 rings (SSSR count). The molecule has 1 aliphatic rings. The van der Waals surface area contributed by atoms with Crippen molar-refractivity contribution in [1.82, 2.24) is 4.72 Å². The number of halogens is 1. The molecule has 0 saturated carbocycles. The summed E-state index contributed by atoms with van der Waals surface area (Å²) in [6.07, 6.45) is -0.301. The van der Waals surface area contributed by atoms with E-state index >= 15 is 0 Å². The Bertz CT molecular complexity index is 599. The molecule has 1 unspecified atom stereocenters. The van der Waals surface area contributed by atoms with E-state index in [2.05, 4.69) is 4.72 Å². The van der Waals surface area contributed by atoms with Crippen LogP contribution >= 0.6 is 11.6 Å². The Morgan fingerprint density at radius 2 is 2.19 bits per heavy atom. The van der Waals surface area contributed by atoms with Gasteiger partial charge in [0.25, 0.3) is 0 Å². The fraction of sp³-hybridized carbons (Fsp3) is 0.538. The van der Waals surface area contributed by atoms with Crippen LogP contribution in [0.15, 0.2) is 17.0 Å². The van der Waals surface area contributed by atoms with Crippen LogP contribution in [0.25, 0.3) is 0 Å². The van der Waals surface area contributed by atoms with Crippen LogP contribution in [-0.2, 0) is 26.1 Å². The molecule has 2 N–H and O–H groups in total. The van der Waals surface area contributed by atoms with Crippen molar-refractivity contribution in [2.24, 2.45) is 0 Å². The molecule has 1 aromatic rings. The van der Waals surface area contributed by atoms with Crippen molar-refractivity contribution in [3.63, 3.8) is 0 Å². The molecule has 118 valence electrons. The Kier molecular flexibility index (Phi) is 5.59. The fourth-order valence-corrected chi connectivity index (χ4v) is 3.77. The van der Waals surface area contributed by atoms with Gasteiger partial charge < -0.3 is 14.6 Å². The lowest BCUT2D eigenvalue weighted by molar-refractivity contribution is -0.0846. The van der Waals surface area contributed by atoms with Gasteiger partial charge in [-0.3, -0.25) is 0 Å². The first-order chi connectivity index (χ1) is 9.94. The van der Waals surface area contributed by atoms with Gasteiger partial charge in [-0.1, -0.05) is 11.6 Å². The average Bonchev–Trinajstić information content (AvgIpc) is 2.48. The molecule has 21 heavy (non-hydrogen) atoms. The molecule has 6 nitrogen and oxygen atoms in total. The number of hydrogen-bond acceptors (Lipinski definition) is 5. The van der Waals surface area contributed by atoms with E-state index in [1.165, 1.54) is 6.07 Å². The highest BCUT2D eigenvalue weighted by atomic mass is 35.5. The second kappa shape index (κ2) is 7.04. The van der Waals surface area contributed by atoms with E-state index in [0.717, 1.165) is 0 Å². The lowest BCUT2D eigenvalue weighted by Crippen LogP contribution is -2.39. The zero-order valence-electron chi connectivity index (χ0n) is 11.6. The lowest BCUT2D eigenvalue weighted by Gasteiger charge is -2.23. The Morgan fingerprint density at radius 1 is 1.43 bits per heavy atom. The van der Waals surface area contributed by atoms with Crippen molar-refractivity contribution in [3.05, 3.63) is 28.3 Å². The number of rotatable bonds is 5. The summed E-state index contributed by atoms with van der Waals surface area (Å²) in [6.45, 7) is 2.83. The van der Waals surface area contributed by atoms with Crippen molar-refractivity contribution < 1.29 is 23.0 Å². The highest BCUT2D eigenvalue weighted by molar-refractivity contribution is 7.89. The van der Waals surface area contributed by atoms with Gasteiger partial charge in [0.15, 0.2) is 0 Å². The quantitative estimate of drug-likeness (QED) is 0.832. The normalized spacial score (nSPS) is 19.7. The molecule has 0 amide bonds. The van der Waals surface area contributed by atoms with Crippen molar-refractivity contribution in [2.45, 2.75) is 24.5 Å². The van der Waals surface area contributed by atoms with E-state index in [1.807, 2.05) is 0 Å². The second-order valence-electron chi connectivity index (χ2n) is 4.77. The molecule has 1 aromatic carbocycles. The monoisotopic (exact) mass is 335 g/mol. The summed E-state index contributed by atoms with van der Waals surface area (Å²) in [5.41, 5.74) is 0.968. The van der Waals surface area contributed by atoms with E-state index in [9.17, 15) is 13.5 Å². The largest absolute Gasteiger partial charge is 0.392 e. The van der Waals surface area contributed by atoms with E-state index in [-0.39, 0.29) is 29.2 Å². The number of hydrogen-bond donors (Lipinski definition) is 2. The van der Waals surface area contributed by atoms with Gasteiger partial charge in [-0.05, 0) is 30.2 Å². The summed E-state index contributed by atoms with van der Waals surface area (Å²) in [4.78, 5) is 0.0655. The minimum atomic E-state index is -3.73. The lowest BCUT2D eigenvalue weighted by atomic mass is 10.1. The van der Waals surface area contributed by atoms with Gasteiger partial charge >= 0.3 is 0 Å². The molecule has 8 heteroatoms. The first-order valence-electron chi connectivity index (χ1n) is 6.53. The minimum absolute atomic E-state index is 0.0655. The van der Waals surface area contributed by atoms with Gasteiger partial charge in [0.1, 0.15) is 0 Å². The van der Waals surface area contributed by atoms with Crippen LogP contribution in [0.4, 0.5) is 0 Å². The molecule has 1 aliphatic heterocycles. The summed E-state index contributed by atoms with van der Waals surface area (Å²) in [6, 6.07) is 2.92. The fourth-order valence-electron chi connectivity index (χ4n) is 2.09. The first-order valence-corrected chi connectivity index (χ1v) is 8.39. The highest BCUT2D eigenvalue weighted by Gasteiger charge is 2.22. The van der Waals surface area contributed by atoms with Gasteiger partial charge in [0, 0.05) is 11.6 Å². The van der Waals surface area contributed by atoms with Crippen molar-refractivity contribution in [1.29, 1.82) is 0 Å². The zero-order valence-corrected chi connectivity index (χ0v) is 13.2. The maximum absolute atomic E-state index is 12.4. The SMILES string of the molecule is Cc1c(CO)cc(Cl)cc1S(=O)(=O)NCC1COCCO1. The van der Waals surface area contributed by atoms with Crippen LogP contribution in [0.5, 0.6) is 0 Å². The molecular weight excluding hydrogens is 318 g/mol. The third-order valence-electron chi connectivity index (χ3n) is 3.28. The van der Waals surface area contributed by atoms with Crippen LogP contribution in [0.2, 0.25) is 5.02 Å². The topological polar surface area (TPSA) is 84.9 Å². The van der Waals surface area contributed by atoms with Gasteiger partial charge in [0.05, 0.1) is 37.4 Å². The van der Waals surface area contributed by atoms with Crippen molar-refractivity contribution in [2.75, 3.05) is 26.4 Å². The molecule has 0 spiro atoms. The number of sulfonamides is 1. The van der Waals surface area contributed by atoms with Crippen LogP contribution < -0.4 is 4.72 Å². The maximum atomic E-state index is 12.4. The molecule has 0 aromatic heterocycles. The molecule has 1 fully saturated rings. The Labute approximate surface area is 129 Å². The smallest absolute Gasteiger partial charge is 0.240 e. The molecule has 0 aliphatic carbocycles. The van der Waals surface area contributed by atoms with Crippen molar-refractivity contribution >= 4 is 21.6 Å². The summed E-state index contributed by atoms with van der Waals surface area (Å²) >= 11 is 5.91. The van der Waals surface area contributed by atoms with Gasteiger partial charge in [-0.15, -0.1) is 0 Å². The number of aliphatic hydroxyl groups excluding tert-OH is 1. The van der Waals surface area contributed by atoms with Crippen LogP contribution in [0.1, 0.15) is 11.1 Å². The van der Waals surface area contributed by atoms with Gasteiger partial charge in [-0.2, -0.15) is 0 Å². The second-order valence-corrected chi connectivity index (χ2v) is 6.94. The summed E-state index contributed by atoms with van der Waals surface area (Å²) in [5.74, 6) is 0. The Morgan fingerprint density at radius 3 is 2.81 bits per heavy atom. The third kappa shape index (κ3) is 4.15. The van der Waals surface area contributed by atoms with Crippen LogP contribution in [0.3, 0.4) is 0 Å². The Hall–Kier alpha value is -0.700. The number of benzene rings is 1. The molecule has 1 atom stereocenters. The zero-order chi connectivity index (χ0) is 15.5. The standard InChI is InChI=1S/C13H18ClNO5S/c1-9-10(7-16)4-11(14)5-13(9)21(17,18)15-6-12-8-19-2-3-20-12/h4-5,12,15-16H,2-3,6-8H2,1H3. The maximum Gasteiger partial charge on any atom is 0.240 e. The van der Waals surface area contributed by atoms with E-state index < -0.39 is 10.0 Å². The molecule has 1 saturated heterocycles. The third-order valence-corrected chi connectivity index (χ3v) is 5.05. The van der Waals surface area contributed by atoms with Crippen LogP contribution in [-0.4, -0.2) is 46.0 Å². The van der Waals surface area contributed by atoms with E-state index in [1.54, 1.807) is 13.0 Å².